The molecule has 3 nitrogen and oxygen atoms in total. The van der Waals surface area contributed by atoms with Crippen LogP contribution in [0.3, 0.4) is 0 Å². The Morgan fingerprint density at radius 2 is 1.65 bits per heavy atom. The number of amides is 1. The van der Waals surface area contributed by atoms with E-state index in [4.69, 9.17) is 0 Å². The van der Waals surface area contributed by atoms with Crippen LogP contribution in [0.5, 0.6) is 0 Å². The molecular formula is C20H20N2O. The number of fused-ring (bicyclic) bond motifs is 1. The second-order valence-electron chi connectivity index (χ2n) is 6.16. The van der Waals surface area contributed by atoms with Crippen LogP contribution in [0.1, 0.15) is 29.6 Å². The normalized spacial score (nSPS) is 15.0. The minimum atomic E-state index is 0.147. The lowest BCUT2D eigenvalue weighted by Crippen LogP contribution is -2.35. The largest absolute Gasteiger partial charge is 0.366 e. The molecule has 4 rings (SSSR count). The maximum atomic E-state index is 12.9. The Bertz CT molecular complexity index is 838. The van der Waals surface area contributed by atoms with Crippen molar-refractivity contribution >= 4 is 16.7 Å². The van der Waals surface area contributed by atoms with Gasteiger partial charge in [0, 0.05) is 31.0 Å². The molecule has 0 bridgehead atoms. The van der Waals surface area contributed by atoms with Crippen LogP contribution in [0.2, 0.25) is 0 Å². The molecule has 1 N–H and O–H groups in total. The number of carbonyl (C=O) groups is 1. The maximum absolute atomic E-state index is 12.9. The molecule has 3 heteroatoms. The number of H-pyrrole nitrogens is 1. The van der Waals surface area contributed by atoms with E-state index in [9.17, 15) is 4.79 Å². The molecule has 0 aliphatic carbocycles. The van der Waals surface area contributed by atoms with E-state index < -0.39 is 0 Å². The average Bonchev–Trinajstić information content (AvgIpc) is 3.11. The van der Waals surface area contributed by atoms with Crippen LogP contribution in [-0.4, -0.2) is 28.9 Å². The first-order chi connectivity index (χ1) is 11.3. The van der Waals surface area contributed by atoms with Gasteiger partial charge in [-0.25, -0.2) is 0 Å². The summed E-state index contributed by atoms with van der Waals surface area (Å²) in [6.07, 6.45) is 7.24. The zero-order valence-corrected chi connectivity index (χ0v) is 13.1. The monoisotopic (exact) mass is 304 g/mol. The fourth-order valence-electron chi connectivity index (χ4n) is 3.49. The van der Waals surface area contributed by atoms with Crippen molar-refractivity contribution in [2.45, 2.75) is 19.3 Å². The molecule has 0 saturated carbocycles. The van der Waals surface area contributed by atoms with Gasteiger partial charge in [0.05, 0.1) is 5.56 Å². The fourth-order valence-corrected chi connectivity index (χ4v) is 3.49. The van der Waals surface area contributed by atoms with Crippen LogP contribution >= 0.6 is 0 Å². The minimum Gasteiger partial charge on any atom is -0.366 e. The Kier molecular flexibility index (Phi) is 3.62. The van der Waals surface area contributed by atoms with Crippen molar-refractivity contribution in [1.82, 2.24) is 9.88 Å². The van der Waals surface area contributed by atoms with E-state index in [0.717, 1.165) is 42.6 Å². The molecule has 0 unspecified atom stereocenters. The van der Waals surface area contributed by atoms with E-state index in [1.807, 2.05) is 29.4 Å². The lowest BCUT2D eigenvalue weighted by Gasteiger charge is -2.26. The molecule has 1 saturated heterocycles. The average molecular weight is 304 g/mol. The van der Waals surface area contributed by atoms with E-state index in [1.165, 1.54) is 17.2 Å². The SMILES string of the molecule is O=C(c1c[nH]cc1-c1cccc2ccccc12)N1CCCCC1. The Balaban J connectivity index is 1.78. The van der Waals surface area contributed by atoms with E-state index in [0.29, 0.717) is 0 Å². The quantitative estimate of drug-likeness (QED) is 0.745. The van der Waals surface area contributed by atoms with Crippen molar-refractivity contribution in [3.63, 3.8) is 0 Å². The van der Waals surface area contributed by atoms with Gasteiger partial charge in [0.15, 0.2) is 0 Å². The van der Waals surface area contributed by atoms with Gasteiger partial charge < -0.3 is 9.88 Å². The van der Waals surface area contributed by atoms with Crippen molar-refractivity contribution in [2.24, 2.45) is 0 Å². The van der Waals surface area contributed by atoms with Gasteiger partial charge in [-0.15, -0.1) is 0 Å². The highest BCUT2D eigenvalue weighted by molar-refractivity contribution is 6.05. The second-order valence-corrected chi connectivity index (χ2v) is 6.16. The fraction of sp³-hybridized carbons (Fsp3) is 0.250. The molecule has 0 spiro atoms. The maximum Gasteiger partial charge on any atom is 0.256 e. The summed E-state index contributed by atoms with van der Waals surface area (Å²) in [6.45, 7) is 1.75. The highest BCUT2D eigenvalue weighted by atomic mass is 16.2. The summed E-state index contributed by atoms with van der Waals surface area (Å²) >= 11 is 0. The predicted octanol–water partition coefficient (Wildman–Crippen LogP) is 4.46. The van der Waals surface area contributed by atoms with Gasteiger partial charge >= 0.3 is 0 Å². The smallest absolute Gasteiger partial charge is 0.256 e. The van der Waals surface area contributed by atoms with Crippen molar-refractivity contribution in [3.05, 3.63) is 60.4 Å². The van der Waals surface area contributed by atoms with Crippen LogP contribution in [0.25, 0.3) is 21.9 Å². The summed E-state index contributed by atoms with van der Waals surface area (Å²) in [6, 6.07) is 14.6. The van der Waals surface area contributed by atoms with Crippen LogP contribution < -0.4 is 0 Å². The number of benzene rings is 2. The summed E-state index contributed by atoms with van der Waals surface area (Å²) in [5, 5.41) is 2.38. The molecule has 1 aliphatic heterocycles. The van der Waals surface area contributed by atoms with E-state index in [-0.39, 0.29) is 5.91 Å². The lowest BCUT2D eigenvalue weighted by atomic mass is 9.97. The third-order valence-electron chi connectivity index (χ3n) is 4.70. The number of rotatable bonds is 2. The van der Waals surface area contributed by atoms with Crippen molar-refractivity contribution < 1.29 is 4.79 Å². The van der Waals surface area contributed by atoms with E-state index in [2.05, 4.69) is 35.3 Å². The van der Waals surface area contributed by atoms with Crippen LogP contribution in [0.4, 0.5) is 0 Å². The van der Waals surface area contributed by atoms with Gasteiger partial charge in [-0.3, -0.25) is 4.79 Å². The molecule has 1 amide bonds. The first-order valence-electron chi connectivity index (χ1n) is 8.29. The van der Waals surface area contributed by atoms with Gasteiger partial charge in [0.2, 0.25) is 0 Å². The minimum absolute atomic E-state index is 0.147. The summed E-state index contributed by atoms with van der Waals surface area (Å²) in [5.41, 5.74) is 2.89. The number of piperidine rings is 1. The molecule has 23 heavy (non-hydrogen) atoms. The van der Waals surface area contributed by atoms with Crippen molar-refractivity contribution in [2.75, 3.05) is 13.1 Å². The number of carbonyl (C=O) groups excluding carboxylic acids is 1. The first-order valence-corrected chi connectivity index (χ1v) is 8.29. The van der Waals surface area contributed by atoms with Gasteiger partial charge in [-0.2, -0.15) is 0 Å². The Morgan fingerprint density at radius 1 is 0.870 bits per heavy atom. The van der Waals surface area contributed by atoms with Crippen LogP contribution in [0, 0.1) is 0 Å². The van der Waals surface area contributed by atoms with E-state index in [1.54, 1.807) is 0 Å². The highest BCUT2D eigenvalue weighted by Gasteiger charge is 2.22. The first kappa shape index (κ1) is 14.1. The predicted molar refractivity (Wildman–Crippen MR) is 93.5 cm³/mol. The molecule has 0 atom stereocenters. The number of hydrogen-bond donors (Lipinski definition) is 1. The standard InChI is InChI=1S/C20H20N2O/c23-20(22-11-4-1-5-12-22)19-14-21-13-18(19)17-10-6-8-15-7-2-3-9-16(15)17/h2-3,6-10,13-14,21H,1,4-5,11-12H2. The van der Waals surface area contributed by atoms with E-state index >= 15 is 0 Å². The summed E-state index contributed by atoms with van der Waals surface area (Å²) < 4.78 is 0. The number of aromatic amines is 1. The molecule has 2 aromatic carbocycles. The summed E-state index contributed by atoms with van der Waals surface area (Å²) in [7, 11) is 0. The highest BCUT2D eigenvalue weighted by Crippen LogP contribution is 2.31. The molecule has 1 aliphatic rings. The Hall–Kier alpha value is -2.55. The lowest BCUT2D eigenvalue weighted by molar-refractivity contribution is 0.0725. The Labute approximate surface area is 135 Å². The van der Waals surface area contributed by atoms with Crippen LogP contribution in [-0.2, 0) is 0 Å². The number of nitrogens with one attached hydrogen (secondary N) is 1. The molecule has 0 radical (unpaired) electrons. The zero-order valence-electron chi connectivity index (χ0n) is 13.1. The van der Waals surface area contributed by atoms with Gasteiger partial charge in [0.25, 0.3) is 5.91 Å². The summed E-state index contributed by atoms with van der Waals surface area (Å²) in [4.78, 5) is 18.0. The third-order valence-corrected chi connectivity index (χ3v) is 4.70. The number of hydrogen-bond acceptors (Lipinski definition) is 1. The molecule has 1 aromatic heterocycles. The molecular weight excluding hydrogens is 284 g/mol. The van der Waals surface area contributed by atoms with Crippen molar-refractivity contribution in [3.8, 4) is 11.1 Å². The second kappa shape index (κ2) is 5.92. The number of likely N-dealkylation sites (tertiary alicyclic amines) is 1. The van der Waals surface area contributed by atoms with Gasteiger partial charge in [0.1, 0.15) is 0 Å². The van der Waals surface area contributed by atoms with Gasteiger partial charge in [-0.1, -0.05) is 42.5 Å². The van der Waals surface area contributed by atoms with Crippen LogP contribution in [0.15, 0.2) is 54.9 Å². The molecule has 2 heterocycles. The van der Waals surface area contributed by atoms with Gasteiger partial charge in [-0.05, 0) is 35.6 Å². The third kappa shape index (κ3) is 2.52. The molecule has 3 aromatic rings. The number of aromatic nitrogens is 1. The topological polar surface area (TPSA) is 36.1 Å². The number of nitrogens with zero attached hydrogens (tertiary/aromatic N) is 1. The van der Waals surface area contributed by atoms with Crippen molar-refractivity contribution in [1.29, 1.82) is 0 Å². The zero-order chi connectivity index (χ0) is 15.6. The Morgan fingerprint density at radius 3 is 2.52 bits per heavy atom. The summed E-state index contributed by atoms with van der Waals surface area (Å²) in [5.74, 6) is 0.147. The molecule has 116 valence electrons. The molecule has 1 fully saturated rings.